The van der Waals surface area contributed by atoms with Crippen molar-refractivity contribution in [1.82, 2.24) is 0 Å². The second-order valence-corrected chi connectivity index (χ2v) is 4.63. The van der Waals surface area contributed by atoms with Crippen molar-refractivity contribution in [2.45, 2.75) is 26.7 Å². The van der Waals surface area contributed by atoms with E-state index in [4.69, 9.17) is 21.4 Å². The molecular formula is C13H17ClO3. The number of ether oxygens (including phenoxy) is 1. The van der Waals surface area contributed by atoms with Crippen molar-refractivity contribution in [2.75, 3.05) is 7.11 Å². The van der Waals surface area contributed by atoms with E-state index in [-0.39, 0.29) is 5.92 Å². The van der Waals surface area contributed by atoms with Crippen molar-refractivity contribution in [3.05, 3.63) is 28.3 Å². The quantitative estimate of drug-likeness (QED) is 0.879. The molecule has 0 aliphatic rings. The number of carbonyl (C=O) groups is 1. The molecule has 0 saturated heterocycles. The minimum atomic E-state index is -0.775. The van der Waals surface area contributed by atoms with Crippen molar-refractivity contribution >= 4 is 17.6 Å². The van der Waals surface area contributed by atoms with Crippen LogP contribution < -0.4 is 4.74 Å². The van der Waals surface area contributed by atoms with E-state index in [2.05, 4.69) is 0 Å². The molecule has 94 valence electrons. The molecule has 0 aliphatic heterocycles. The summed E-state index contributed by atoms with van der Waals surface area (Å²) in [5.74, 6) is -0.339. The SMILES string of the molecule is COc1c(C)cc(Cl)cc1CCC(C)C(=O)O. The summed E-state index contributed by atoms with van der Waals surface area (Å²) in [7, 11) is 1.61. The summed E-state index contributed by atoms with van der Waals surface area (Å²) in [4.78, 5) is 10.8. The van der Waals surface area contributed by atoms with Gasteiger partial charge in [-0.15, -0.1) is 0 Å². The van der Waals surface area contributed by atoms with Gasteiger partial charge in [0.15, 0.2) is 0 Å². The summed E-state index contributed by atoms with van der Waals surface area (Å²) >= 11 is 5.99. The van der Waals surface area contributed by atoms with Crippen LogP contribution in [0.15, 0.2) is 12.1 Å². The number of aliphatic carboxylic acids is 1. The van der Waals surface area contributed by atoms with Gasteiger partial charge in [-0.25, -0.2) is 0 Å². The summed E-state index contributed by atoms with van der Waals surface area (Å²) in [6, 6.07) is 3.67. The van der Waals surface area contributed by atoms with Gasteiger partial charge in [0.05, 0.1) is 13.0 Å². The Bertz CT molecular complexity index is 415. The van der Waals surface area contributed by atoms with Gasteiger partial charge in [0.25, 0.3) is 0 Å². The lowest BCUT2D eigenvalue weighted by Gasteiger charge is -2.13. The molecule has 17 heavy (non-hydrogen) atoms. The minimum Gasteiger partial charge on any atom is -0.496 e. The molecule has 1 aromatic carbocycles. The lowest BCUT2D eigenvalue weighted by molar-refractivity contribution is -0.141. The first kappa shape index (κ1) is 13.8. The second kappa shape index (κ2) is 5.92. The minimum absolute atomic E-state index is 0.362. The Labute approximate surface area is 106 Å². The van der Waals surface area contributed by atoms with Crippen molar-refractivity contribution in [2.24, 2.45) is 5.92 Å². The zero-order chi connectivity index (χ0) is 13.0. The molecule has 0 amide bonds. The Morgan fingerprint density at radius 1 is 1.53 bits per heavy atom. The maximum atomic E-state index is 10.8. The average Bonchev–Trinajstić information content (AvgIpc) is 2.24. The van der Waals surface area contributed by atoms with Crippen molar-refractivity contribution in [3.63, 3.8) is 0 Å². The van der Waals surface area contributed by atoms with Crippen LogP contribution in [0, 0.1) is 12.8 Å². The van der Waals surface area contributed by atoms with Gasteiger partial charge in [-0.2, -0.15) is 0 Å². The van der Waals surface area contributed by atoms with Gasteiger partial charge in [0, 0.05) is 5.02 Å². The molecule has 0 aromatic heterocycles. The lowest BCUT2D eigenvalue weighted by atomic mass is 9.99. The number of carboxylic acid groups (broad SMARTS) is 1. The molecule has 0 bridgehead atoms. The summed E-state index contributed by atoms with van der Waals surface area (Å²) in [6.45, 7) is 3.63. The largest absolute Gasteiger partial charge is 0.496 e. The first-order valence-electron chi connectivity index (χ1n) is 5.51. The third-order valence-electron chi connectivity index (χ3n) is 2.79. The Hall–Kier alpha value is -1.22. The molecule has 0 saturated carbocycles. The average molecular weight is 257 g/mol. The van der Waals surface area contributed by atoms with Crippen LogP contribution in [0.1, 0.15) is 24.5 Å². The van der Waals surface area contributed by atoms with Gasteiger partial charge < -0.3 is 9.84 Å². The number of hydrogen-bond acceptors (Lipinski definition) is 2. The molecule has 0 spiro atoms. The summed E-state index contributed by atoms with van der Waals surface area (Å²) in [5.41, 5.74) is 1.93. The van der Waals surface area contributed by atoms with E-state index in [1.54, 1.807) is 14.0 Å². The highest BCUT2D eigenvalue weighted by atomic mass is 35.5. The number of aryl methyl sites for hydroxylation is 2. The van der Waals surface area contributed by atoms with Crippen LogP contribution in [-0.2, 0) is 11.2 Å². The maximum absolute atomic E-state index is 10.8. The van der Waals surface area contributed by atoms with Gasteiger partial charge in [-0.1, -0.05) is 18.5 Å². The van der Waals surface area contributed by atoms with E-state index < -0.39 is 5.97 Å². The normalized spacial score (nSPS) is 12.2. The van der Waals surface area contributed by atoms with E-state index in [9.17, 15) is 4.79 Å². The van der Waals surface area contributed by atoms with Gasteiger partial charge >= 0.3 is 5.97 Å². The van der Waals surface area contributed by atoms with Crippen LogP contribution in [0.4, 0.5) is 0 Å². The van der Waals surface area contributed by atoms with E-state index in [1.165, 1.54) is 0 Å². The monoisotopic (exact) mass is 256 g/mol. The van der Waals surface area contributed by atoms with Gasteiger partial charge in [-0.05, 0) is 43.0 Å². The maximum Gasteiger partial charge on any atom is 0.306 e. The molecule has 0 fully saturated rings. The fourth-order valence-electron chi connectivity index (χ4n) is 1.77. The van der Waals surface area contributed by atoms with Gasteiger partial charge in [0.1, 0.15) is 5.75 Å². The van der Waals surface area contributed by atoms with E-state index in [1.807, 2.05) is 19.1 Å². The Morgan fingerprint density at radius 2 is 2.18 bits per heavy atom. The topological polar surface area (TPSA) is 46.5 Å². The van der Waals surface area contributed by atoms with Crippen LogP contribution in [0.3, 0.4) is 0 Å². The molecule has 0 radical (unpaired) electrons. The molecule has 4 heteroatoms. The van der Waals surface area contributed by atoms with E-state index >= 15 is 0 Å². The van der Waals surface area contributed by atoms with E-state index in [0.717, 1.165) is 16.9 Å². The molecule has 0 aliphatic carbocycles. The second-order valence-electron chi connectivity index (χ2n) is 4.19. The molecule has 3 nitrogen and oxygen atoms in total. The fraction of sp³-hybridized carbons (Fsp3) is 0.462. The van der Waals surface area contributed by atoms with Crippen LogP contribution in [0.5, 0.6) is 5.75 Å². The number of hydrogen-bond donors (Lipinski definition) is 1. The Kier molecular flexibility index (Phi) is 4.82. The summed E-state index contributed by atoms with van der Waals surface area (Å²) in [5, 5.41) is 9.49. The highest BCUT2D eigenvalue weighted by molar-refractivity contribution is 6.30. The highest BCUT2D eigenvalue weighted by Crippen LogP contribution is 2.29. The molecular weight excluding hydrogens is 240 g/mol. The number of methoxy groups -OCH3 is 1. The van der Waals surface area contributed by atoms with Crippen LogP contribution >= 0.6 is 11.6 Å². The number of carboxylic acids is 1. The molecule has 1 aromatic rings. The van der Waals surface area contributed by atoms with E-state index in [0.29, 0.717) is 17.9 Å². The van der Waals surface area contributed by atoms with Crippen LogP contribution in [-0.4, -0.2) is 18.2 Å². The molecule has 1 N–H and O–H groups in total. The Morgan fingerprint density at radius 3 is 2.71 bits per heavy atom. The third-order valence-corrected chi connectivity index (χ3v) is 3.01. The molecule has 0 heterocycles. The van der Waals surface area contributed by atoms with Gasteiger partial charge in [-0.3, -0.25) is 4.79 Å². The molecule has 1 unspecified atom stereocenters. The predicted molar refractivity (Wildman–Crippen MR) is 67.9 cm³/mol. The number of benzene rings is 1. The Balaban J connectivity index is 2.86. The van der Waals surface area contributed by atoms with Gasteiger partial charge in [0.2, 0.25) is 0 Å². The summed E-state index contributed by atoms with van der Waals surface area (Å²) < 4.78 is 5.32. The third kappa shape index (κ3) is 3.63. The molecule has 1 atom stereocenters. The number of halogens is 1. The van der Waals surface area contributed by atoms with Crippen molar-refractivity contribution < 1.29 is 14.6 Å². The van der Waals surface area contributed by atoms with Crippen LogP contribution in [0.25, 0.3) is 0 Å². The predicted octanol–water partition coefficient (Wildman–Crippen LogP) is 3.31. The molecule has 1 rings (SSSR count). The zero-order valence-electron chi connectivity index (χ0n) is 10.3. The van der Waals surface area contributed by atoms with Crippen molar-refractivity contribution in [3.8, 4) is 5.75 Å². The zero-order valence-corrected chi connectivity index (χ0v) is 11.0. The first-order valence-corrected chi connectivity index (χ1v) is 5.89. The van der Waals surface area contributed by atoms with Crippen molar-refractivity contribution in [1.29, 1.82) is 0 Å². The number of rotatable bonds is 5. The lowest BCUT2D eigenvalue weighted by Crippen LogP contribution is -2.10. The van der Waals surface area contributed by atoms with Crippen LogP contribution in [0.2, 0.25) is 5.02 Å². The summed E-state index contributed by atoms with van der Waals surface area (Å²) in [6.07, 6.45) is 1.23. The smallest absolute Gasteiger partial charge is 0.306 e. The highest BCUT2D eigenvalue weighted by Gasteiger charge is 2.14. The first-order chi connectivity index (χ1) is 7.95. The standard InChI is InChI=1S/C13H17ClO3/c1-8(13(15)16)4-5-10-7-11(14)6-9(2)12(10)17-3/h6-8H,4-5H2,1-3H3,(H,15,16). The fourth-order valence-corrected chi connectivity index (χ4v) is 2.07.